The van der Waals surface area contributed by atoms with E-state index in [-0.39, 0.29) is 6.04 Å². The first-order valence-corrected chi connectivity index (χ1v) is 6.11. The van der Waals surface area contributed by atoms with Crippen LogP contribution in [0.1, 0.15) is 26.0 Å². The molecule has 0 aliphatic rings. The Balaban J connectivity index is 2.14. The highest BCUT2D eigenvalue weighted by Gasteiger charge is 2.09. The molecule has 2 rings (SSSR count). The molecule has 0 aliphatic carbocycles. The number of benzene rings is 1. The second-order valence-electron chi connectivity index (χ2n) is 5.16. The molecule has 1 unspecified atom stereocenters. The van der Waals surface area contributed by atoms with E-state index in [0.717, 1.165) is 29.4 Å². The van der Waals surface area contributed by atoms with E-state index in [9.17, 15) is 5.11 Å². The van der Waals surface area contributed by atoms with Crippen molar-refractivity contribution >= 4 is 10.9 Å². The van der Waals surface area contributed by atoms with Crippen LogP contribution < -0.4 is 5.73 Å². The molecule has 17 heavy (non-hydrogen) atoms. The molecule has 1 aromatic carbocycles. The smallest absolute Gasteiger partial charge is 0.116 e. The number of phenolic OH excluding ortho intramolecular Hbond substituents is 1. The Morgan fingerprint density at radius 1 is 1.29 bits per heavy atom. The van der Waals surface area contributed by atoms with Gasteiger partial charge in [-0.25, -0.2) is 0 Å². The second kappa shape index (κ2) is 4.80. The minimum atomic E-state index is 0.191. The molecule has 1 atom stereocenters. The number of aromatic amines is 1. The van der Waals surface area contributed by atoms with Gasteiger partial charge in [0.2, 0.25) is 0 Å². The summed E-state index contributed by atoms with van der Waals surface area (Å²) in [7, 11) is 0. The third-order valence-corrected chi connectivity index (χ3v) is 2.92. The van der Waals surface area contributed by atoms with Crippen LogP contribution in [-0.2, 0) is 6.42 Å². The van der Waals surface area contributed by atoms with Crippen LogP contribution in [-0.4, -0.2) is 16.1 Å². The van der Waals surface area contributed by atoms with Gasteiger partial charge in [-0.3, -0.25) is 0 Å². The summed E-state index contributed by atoms with van der Waals surface area (Å²) in [5.74, 6) is 0.924. The lowest BCUT2D eigenvalue weighted by molar-refractivity contribution is 0.476. The van der Waals surface area contributed by atoms with E-state index in [1.54, 1.807) is 12.1 Å². The first-order chi connectivity index (χ1) is 8.04. The molecule has 2 aromatic rings. The summed E-state index contributed by atoms with van der Waals surface area (Å²) in [6, 6.07) is 7.61. The second-order valence-corrected chi connectivity index (χ2v) is 5.16. The van der Waals surface area contributed by atoms with Crippen molar-refractivity contribution in [3.05, 3.63) is 30.0 Å². The average Bonchev–Trinajstić information content (AvgIpc) is 2.57. The molecule has 3 heteroatoms. The van der Waals surface area contributed by atoms with E-state index in [0.29, 0.717) is 11.7 Å². The SMILES string of the molecule is CC(C)CC(N)Cc1cc2cc(O)ccc2[nH]1. The molecule has 0 aliphatic heterocycles. The van der Waals surface area contributed by atoms with Gasteiger partial charge in [0.15, 0.2) is 0 Å². The summed E-state index contributed by atoms with van der Waals surface area (Å²) in [4.78, 5) is 3.34. The van der Waals surface area contributed by atoms with Crippen LogP contribution in [0.15, 0.2) is 24.3 Å². The van der Waals surface area contributed by atoms with Crippen molar-refractivity contribution in [2.45, 2.75) is 32.7 Å². The molecule has 0 saturated carbocycles. The van der Waals surface area contributed by atoms with Crippen LogP contribution in [0.4, 0.5) is 0 Å². The van der Waals surface area contributed by atoms with Gasteiger partial charge in [0, 0.05) is 29.1 Å². The fourth-order valence-corrected chi connectivity index (χ4v) is 2.26. The van der Waals surface area contributed by atoms with E-state index in [4.69, 9.17) is 5.73 Å². The van der Waals surface area contributed by atoms with Crippen molar-refractivity contribution in [3.63, 3.8) is 0 Å². The average molecular weight is 232 g/mol. The summed E-state index contributed by atoms with van der Waals surface area (Å²) in [5.41, 5.74) is 8.28. The fraction of sp³-hybridized carbons (Fsp3) is 0.429. The summed E-state index contributed by atoms with van der Waals surface area (Å²) >= 11 is 0. The summed E-state index contributed by atoms with van der Waals surface area (Å²) in [6.07, 6.45) is 1.88. The Hall–Kier alpha value is -1.48. The van der Waals surface area contributed by atoms with E-state index >= 15 is 0 Å². The maximum atomic E-state index is 9.40. The highest BCUT2D eigenvalue weighted by Crippen LogP contribution is 2.21. The Bertz CT molecular complexity index is 502. The maximum Gasteiger partial charge on any atom is 0.116 e. The molecule has 1 aromatic heterocycles. The first-order valence-electron chi connectivity index (χ1n) is 6.11. The first kappa shape index (κ1) is 12.0. The molecule has 0 radical (unpaired) electrons. The zero-order valence-corrected chi connectivity index (χ0v) is 10.4. The highest BCUT2D eigenvalue weighted by atomic mass is 16.3. The summed E-state index contributed by atoms with van der Waals surface area (Å²) in [5, 5.41) is 10.4. The number of hydrogen-bond donors (Lipinski definition) is 3. The molecule has 0 spiro atoms. The molecule has 3 nitrogen and oxygen atoms in total. The van der Waals surface area contributed by atoms with Crippen molar-refractivity contribution in [1.29, 1.82) is 0 Å². The topological polar surface area (TPSA) is 62.0 Å². The van der Waals surface area contributed by atoms with Crippen molar-refractivity contribution in [2.75, 3.05) is 0 Å². The minimum absolute atomic E-state index is 0.191. The van der Waals surface area contributed by atoms with Crippen LogP contribution in [0.5, 0.6) is 5.75 Å². The zero-order valence-electron chi connectivity index (χ0n) is 10.4. The molecule has 4 N–H and O–H groups in total. The number of rotatable bonds is 4. The van der Waals surface area contributed by atoms with Gasteiger partial charge in [-0.15, -0.1) is 0 Å². The monoisotopic (exact) mass is 232 g/mol. The summed E-state index contributed by atoms with van der Waals surface area (Å²) in [6.45, 7) is 4.37. The van der Waals surface area contributed by atoms with Crippen LogP contribution in [0.3, 0.4) is 0 Å². The van der Waals surface area contributed by atoms with Gasteiger partial charge >= 0.3 is 0 Å². The molecule has 1 heterocycles. The van der Waals surface area contributed by atoms with E-state index in [1.807, 2.05) is 6.07 Å². The third-order valence-electron chi connectivity index (χ3n) is 2.92. The Morgan fingerprint density at radius 2 is 2.06 bits per heavy atom. The number of fused-ring (bicyclic) bond motifs is 1. The molecule has 92 valence electrons. The van der Waals surface area contributed by atoms with Gasteiger partial charge in [-0.2, -0.15) is 0 Å². The van der Waals surface area contributed by atoms with Crippen molar-refractivity contribution in [3.8, 4) is 5.75 Å². The van der Waals surface area contributed by atoms with Crippen molar-refractivity contribution in [2.24, 2.45) is 11.7 Å². The number of phenols is 1. The van der Waals surface area contributed by atoms with Gasteiger partial charge in [-0.05, 0) is 36.6 Å². The third kappa shape index (κ3) is 3.01. The lowest BCUT2D eigenvalue weighted by Crippen LogP contribution is -2.24. The molecular weight excluding hydrogens is 212 g/mol. The Morgan fingerprint density at radius 3 is 2.76 bits per heavy atom. The van der Waals surface area contributed by atoms with Crippen LogP contribution in [0.25, 0.3) is 10.9 Å². The van der Waals surface area contributed by atoms with Gasteiger partial charge in [0.1, 0.15) is 5.75 Å². The fourth-order valence-electron chi connectivity index (χ4n) is 2.26. The van der Waals surface area contributed by atoms with Crippen LogP contribution >= 0.6 is 0 Å². The largest absolute Gasteiger partial charge is 0.508 e. The van der Waals surface area contributed by atoms with Crippen molar-refractivity contribution < 1.29 is 5.11 Å². The minimum Gasteiger partial charge on any atom is -0.508 e. The van der Waals surface area contributed by atoms with E-state index in [1.165, 1.54) is 0 Å². The molecule has 0 amide bonds. The number of H-pyrrole nitrogens is 1. The quantitative estimate of drug-likeness (QED) is 0.759. The Kier molecular flexibility index (Phi) is 3.38. The number of hydrogen-bond acceptors (Lipinski definition) is 2. The maximum absolute atomic E-state index is 9.40. The van der Waals surface area contributed by atoms with Crippen molar-refractivity contribution in [1.82, 2.24) is 4.98 Å². The van der Waals surface area contributed by atoms with Crippen LogP contribution in [0.2, 0.25) is 0 Å². The number of aromatic hydroxyl groups is 1. The van der Waals surface area contributed by atoms with Gasteiger partial charge in [-0.1, -0.05) is 13.8 Å². The number of nitrogens with two attached hydrogens (primary N) is 1. The number of aromatic nitrogens is 1. The Labute approximate surface area is 102 Å². The predicted molar refractivity (Wildman–Crippen MR) is 71.1 cm³/mol. The molecule has 0 fully saturated rings. The standard InChI is InChI=1S/C14H20N2O/c1-9(2)5-11(15)8-12-6-10-7-13(17)3-4-14(10)16-12/h3-4,6-7,9,11,16-17H,5,8,15H2,1-2H3. The lowest BCUT2D eigenvalue weighted by Gasteiger charge is -2.12. The molecule has 0 saturated heterocycles. The number of nitrogens with one attached hydrogen (secondary N) is 1. The highest BCUT2D eigenvalue weighted by molar-refractivity contribution is 5.81. The van der Waals surface area contributed by atoms with Gasteiger partial charge in [0.05, 0.1) is 0 Å². The van der Waals surface area contributed by atoms with E-state index in [2.05, 4.69) is 24.9 Å². The normalized spacial score (nSPS) is 13.4. The van der Waals surface area contributed by atoms with Gasteiger partial charge < -0.3 is 15.8 Å². The lowest BCUT2D eigenvalue weighted by atomic mass is 10.0. The summed E-state index contributed by atoms with van der Waals surface area (Å²) < 4.78 is 0. The predicted octanol–water partition coefficient (Wildman–Crippen LogP) is 2.79. The zero-order chi connectivity index (χ0) is 12.4. The molecular formula is C14H20N2O. The molecule has 0 bridgehead atoms. The van der Waals surface area contributed by atoms with Gasteiger partial charge in [0.25, 0.3) is 0 Å². The van der Waals surface area contributed by atoms with Crippen LogP contribution in [0, 0.1) is 5.92 Å². The van der Waals surface area contributed by atoms with E-state index < -0.39 is 0 Å².